The van der Waals surface area contributed by atoms with Gasteiger partial charge in [-0.1, -0.05) is 23.7 Å². The zero-order valence-electron chi connectivity index (χ0n) is 14.7. The van der Waals surface area contributed by atoms with Crippen LogP contribution >= 0.6 is 11.6 Å². The molecule has 1 aliphatic heterocycles. The number of likely N-dealkylation sites (N-methyl/N-ethyl adjacent to an activating group) is 1. The van der Waals surface area contributed by atoms with Crippen molar-refractivity contribution in [3.63, 3.8) is 0 Å². The minimum Gasteiger partial charge on any atom is -0.367 e. The third kappa shape index (κ3) is 2.36. The summed E-state index contributed by atoms with van der Waals surface area (Å²) < 4.78 is 6.32. The fraction of sp³-hybridized carbons (Fsp3) is 0.300. The maximum atomic E-state index is 6.41. The number of halogens is 1. The maximum absolute atomic E-state index is 6.41. The van der Waals surface area contributed by atoms with Gasteiger partial charge in [0, 0.05) is 22.8 Å². The van der Waals surface area contributed by atoms with E-state index in [1.807, 2.05) is 30.5 Å². The Labute approximate surface area is 152 Å². The lowest BCUT2D eigenvalue weighted by molar-refractivity contribution is -0.126. The smallest absolute Gasteiger partial charge is 0.176 e. The molecule has 2 aromatic heterocycles. The summed E-state index contributed by atoms with van der Waals surface area (Å²) in [5.74, 6) is 0. The largest absolute Gasteiger partial charge is 0.367 e. The number of rotatable bonds is 3. The molecular formula is C20H21ClN3O+. The number of benzene rings is 1. The van der Waals surface area contributed by atoms with Gasteiger partial charge in [-0.05, 0) is 30.7 Å². The summed E-state index contributed by atoms with van der Waals surface area (Å²) in [6.45, 7) is 3.39. The van der Waals surface area contributed by atoms with Crippen LogP contribution in [0.25, 0.3) is 11.0 Å². The molecule has 0 spiro atoms. The average Bonchev–Trinajstić information content (AvgIpc) is 2.57. The summed E-state index contributed by atoms with van der Waals surface area (Å²) in [6, 6.07) is 12.1. The number of hydrogen-bond acceptors (Lipinski definition) is 3. The van der Waals surface area contributed by atoms with Crippen LogP contribution in [0.15, 0.2) is 48.8 Å². The fourth-order valence-electron chi connectivity index (χ4n) is 3.68. The number of nitrogens with zero attached hydrogens (tertiary/aromatic N) is 3. The molecule has 0 amide bonds. The molecule has 1 aromatic carbocycles. The minimum absolute atomic E-state index is 0.181. The minimum atomic E-state index is -0.181. The summed E-state index contributed by atoms with van der Waals surface area (Å²) in [6.07, 6.45) is 3.75. The molecule has 0 aliphatic carbocycles. The van der Waals surface area contributed by atoms with E-state index in [1.165, 1.54) is 5.56 Å². The number of fused-ring (bicyclic) bond motifs is 1. The highest BCUT2D eigenvalue weighted by molar-refractivity contribution is 6.31. The van der Waals surface area contributed by atoms with E-state index < -0.39 is 0 Å². The highest BCUT2D eigenvalue weighted by Crippen LogP contribution is 2.45. The summed E-state index contributed by atoms with van der Waals surface area (Å²) in [7, 11) is 4.41. The van der Waals surface area contributed by atoms with Crippen LogP contribution in [0.2, 0.25) is 5.02 Å². The Morgan fingerprint density at radius 2 is 1.88 bits per heavy atom. The van der Waals surface area contributed by atoms with Crippen molar-refractivity contribution in [1.29, 1.82) is 0 Å². The molecule has 25 heavy (non-hydrogen) atoms. The zero-order chi connectivity index (χ0) is 17.7. The fourth-order valence-corrected chi connectivity index (χ4v) is 3.86. The predicted molar refractivity (Wildman–Crippen MR) is 102 cm³/mol. The molecule has 5 heteroatoms. The first-order chi connectivity index (χ1) is 12.0. The number of aromatic nitrogens is 2. The van der Waals surface area contributed by atoms with Crippen molar-refractivity contribution in [2.45, 2.75) is 12.5 Å². The first kappa shape index (κ1) is 16.5. The van der Waals surface area contributed by atoms with E-state index >= 15 is 0 Å². The lowest BCUT2D eigenvalue weighted by Gasteiger charge is -2.53. The lowest BCUT2D eigenvalue weighted by atomic mass is 9.81. The quantitative estimate of drug-likeness (QED) is 0.665. The van der Waals surface area contributed by atoms with Gasteiger partial charge in [0.1, 0.15) is 13.2 Å². The van der Waals surface area contributed by atoms with Gasteiger partial charge in [-0.25, -0.2) is 4.98 Å². The molecule has 0 unspecified atom stereocenters. The molecule has 0 atom stereocenters. The molecule has 0 bridgehead atoms. The Morgan fingerprint density at radius 3 is 2.60 bits per heavy atom. The van der Waals surface area contributed by atoms with Crippen molar-refractivity contribution >= 4 is 28.3 Å². The molecule has 4 rings (SSSR count). The van der Waals surface area contributed by atoms with E-state index in [2.05, 4.69) is 43.1 Å². The Hall–Kier alpha value is -2.01. The van der Waals surface area contributed by atoms with E-state index in [1.54, 1.807) is 6.20 Å². The van der Waals surface area contributed by atoms with Gasteiger partial charge in [-0.15, -0.1) is 0 Å². The van der Waals surface area contributed by atoms with Gasteiger partial charge >= 0.3 is 0 Å². The Bertz CT molecular complexity index is 951. The van der Waals surface area contributed by atoms with Crippen molar-refractivity contribution in [2.24, 2.45) is 0 Å². The summed E-state index contributed by atoms with van der Waals surface area (Å²) in [4.78, 5) is 9.07. The number of pyridine rings is 2. The molecule has 1 fully saturated rings. The van der Waals surface area contributed by atoms with E-state index in [0.29, 0.717) is 17.7 Å². The van der Waals surface area contributed by atoms with Crippen molar-refractivity contribution in [3.8, 4) is 0 Å². The molecule has 128 valence electrons. The van der Waals surface area contributed by atoms with E-state index in [4.69, 9.17) is 16.3 Å². The van der Waals surface area contributed by atoms with Crippen LogP contribution < -0.4 is 4.48 Å². The van der Waals surface area contributed by atoms with Crippen LogP contribution in [0, 0.1) is 6.92 Å². The monoisotopic (exact) mass is 354 g/mol. The van der Waals surface area contributed by atoms with Crippen molar-refractivity contribution in [1.82, 2.24) is 14.5 Å². The van der Waals surface area contributed by atoms with E-state index in [9.17, 15) is 0 Å². The van der Waals surface area contributed by atoms with Crippen LogP contribution in [0.3, 0.4) is 0 Å². The van der Waals surface area contributed by atoms with Crippen LogP contribution in [0.5, 0.6) is 0 Å². The molecule has 1 aliphatic rings. The Kier molecular flexibility index (Phi) is 3.80. The van der Waals surface area contributed by atoms with Crippen molar-refractivity contribution in [2.75, 3.05) is 27.3 Å². The van der Waals surface area contributed by atoms with Gasteiger partial charge in [0.15, 0.2) is 11.2 Å². The van der Waals surface area contributed by atoms with E-state index in [-0.39, 0.29) is 5.54 Å². The second-order valence-electron chi connectivity index (χ2n) is 7.13. The second-order valence-corrected chi connectivity index (χ2v) is 7.53. The number of quaternary nitrogens is 1. The molecule has 3 aromatic rings. The molecule has 4 nitrogen and oxygen atoms in total. The summed E-state index contributed by atoms with van der Waals surface area (Å²) >= 11 is 6.41. The third-order valence-electron chi connectivity index (χ3n) is 5.60. The molecule has 0 radical (unpaired) electrons. The van der Waals surface area contributed by atoms with Gasteiger partial charge in [0.2, 0.25) is 0 Å². The maximum Gasteiger partial charge on any atom is 0.176 e. The Balaban J connectivity index is 1.87. The van der Waals surface area contributed by atoms with Gasteiger partial charge in [0.25, 0.3) is 0 Å². The molecule has 1 saturated heterocycles. The highest BCUT2D eigenvalue weighted by atomic mass is 35.5. The van der Waals surface area contributed by atoms with Crippen LogP contribution in [-0.4, -0.2) is 37.3 Å². The molecule has 0 N–H and O–H groups in total. The molecule has 0 saturated carbocycles. The number of hydrogen-bond donors (Lipinski definition) is 0. The normalized spacial score (nSPS) is 16.6. The van der Waals surface area contributed by atoms with Crippen LogP contribution in [0.1, 0.15) is 11.1 Å². The first-order valence-corrected chi connectivity index (χ1v) is 8.72. The van der Waals surface area contributed by atoms with Crippen LogP contribution in [-0.2, 0) is 10.3 Å². The van der Waals surface area contributed by atoms with E-state index in [0.717, 1.165) is 27.3 Å². The van der Waals surface area contributed by atoms with Gasteiger partial charge in [-0.3, -0.25) is 9.47 Å². The summed E-state index contributed by atoms with van der Waals surface area (Å²) in [5.41, 5.74) is 5.09. The highest BCUT2D eigenvalue weighted by Gasteiger charge is 2.55. The van der Waals surface area contributed by atoms with Crippen molar-refractivity contribution < 1.29 is 4.74 Å². The third-order valence-corrected chi connectivity index (χ3v) is 6.01. The zero-order valence-corrected chi connectivity index (χ0v) is 15.4. The lowest BCUT2D eigenvalue weighted by Crippen LogP contribution is -2.68. The average molecular weight is 355 g/mol. The Morgan fingerprint density at radius 1 is 1.08 bits per heavy atom. The SMILES string of the molecule is Cc1c(Cl)cccc1C1([N+](C)(C)c2cnc3cccnc3c2)COC1. The molecular weight excluding hydrogens is 334 g/mol. The van der Waals surface area contributed by atoms with Crippen LogP contribution in [0.4, 0.5) is 5.69 Å². The summed E-state index contributed by atoms with van der Waals surface area (Å²) in [5, 5.41) is 0.794. The van der Waals surface area contributed by atoms with Gasteiger partial charge in [0.05, 0.1) is 31.3 Å². The molecule has 3 heterocycles. The number of ether oxygens (including phenoxy) is 1. The topological polar surface area (TPSA) is 35.0 Å². The second kappa shape index (κ2) is 5.77. The van der Waals surface area contributed by atoms with Gasteiger partial charge in [-0.2, -0.15) is 0 Å². The predicted octanol–water partition coefficient (Wildman–Crippen LogP) is 4.08. The van der Waals surface area contributed by atoms with Gasteiger partial charge < -0.3 is 4.74 Å². The van der Waals surface area contributed by atoms with Crippen molar-refractivity contribution in [3.05, 3.63) is 64.9 Å². The standard InChI is InChI=1S/C20H21ClN3O/c1-14-16(6-4-7-17(14)21)20(12-25-13-20)24(2,3)15-10-19-18(23-11-15)8-5-9-22-19/h4-11H,12-13H2,1-3H3/q+1. The first-order valence-electron chi connectivity index (χ1n) is 8.34.